The van der Waals surface area contributed by atoms with Gasteiger partial charge in [0.15, 0.2) is 0 Å². The van der Waals surface area contributed by atoms with E-state index in [1.165, 1.54) is 22.9 Å². The second-order valence-corrected chi connectivity index (χ2v) is 6.82. The van der Waals surface area contributed by atoms with Crippen LogP contribution in [0.25, 0.3) is 10.9 Å². The zero-order valence-electron chi connectivity index (χ0n) is 15.1. The van der Waals surface area contributed by atoms with Crippen molar-refractivity contribution in [2.75, 3.05) is 32.8 Å². The van der Waals surface area contributed by atoms with Crippen LogP contribution in [0.15, 0.2) is 54.7 Å². The highest BCUT2D eigenvalue weighted by atomic mass is 16.5. The van der Waals surface area contributed by atoms with E-state index >= 15 is 0 Å². The third-order valence-electron chi connectivity index (χ3n) is 5.02. The Hall–Kier alpha value is -2.30. The fourth-order valence-corrected chi connectivity index (χ4v) is 3.56. The zero-order chi connectivity index (χ0) is 17.6. The Kier molecular flexibility index (Phi) is 5.53. The monoisotopic (exact) mass is 350 g/mol. The number of ether oxygens (including phenoxy) is 2. The van der Waals surface area contributed by atoms with Crippen molar-refractivity contribution in [1.82, 2.24) is 9.88 Å². The predicted molar refractivity (Wildman–Crippen MR) is 105 cm³/mol. The maximum Gasteiger partial charge on any atom is 0.143 e. The molecule has 0 aliphatic carbocycles. The molecule has 26 heavy (non-hydrogen) atoms. The summed E-state index contributed by atoms with van der Waals surface area (Å²) in [6.45, 7) is 5.59. The first kappa shape index (κ1) is 17.1. The molecule has 4 rings (SSSR count). The summed E-state index contributed by atoms with van der Waals surface area (Å²) in [6.07, 6.45) is 4.39. The molecule has 0 saturated carbocycles. The van der Waals surface area contributed by atoms with Gasteiger partial charge in [0.2, 0.25) is 0 Å². The lowest BCUT2D eigenvalue weighted by molar-refractivity contribution is 0.0375. The van der Waals surface area contributed by atoms with Gasteiger partial charge < -0.3 is 14.5 Å². The van der Waals surface area contributed by atoms with Crippen molar-refractivity contribution in [3.8, 4) is 5.75 Å². The van der Waals surface area contributed by atoms with E-state index < -0.39 is 0 Å². The summed E-state index contributed by atoms with van der Waals surface area (Å²) in [5.41, 5.74) is 3.66. The minimum Gasteiger partial charge on any atom is -0.487 e. The molecular formula is C22H26N2O2. The van der Waals surface area contributed by atoms with Crippen molar-refractivity contribution >= 4 is 10.9 Å². The van der Waals surface area contributed by atoms with E-state index in [1.54, 1.807) is 0 Å². The van der Waals surface area contributed by atoms with E-state index in [9.17, 15) is 0 Å². The molecular weight excluding hydrogens is 324 g/mol. The first-order chi connectivity index (χ1) is 12.9. The van der Waals surface area contributed by atoms with Gasteiger partial charge in [-0.3, -0.25) is 4.90 Å². The number of hydrogen-bond donors (Lipinski definition) is 1. The largest absolute Gasteiger partial charge is 0.487 e. The van der Waals surface area contributed by atoms with Crippen molar-refractivity contribution < 1.29 is 9.47 Å². The van der Waals surface area contributed by atoms with Gasteiger partial charge in [0.25, 0.3) is 0 Å². The molecule has 0 spiro atoms. The average Bonchev–Trinajstić information content (AvgIpc) is 3.12. The number of aryl methyl sites for hydroxylation is 1. The third kappa shape index (κ3) is 4.09. The first-order valence-electron chi connectivity index (χ1n) is 9.46. The highest BCUT2D eigenvalue weighted by molar-refractivity contribution is 5.88. The lowest BCUT2D eigenvalue weighted by Crippen LogP contribution is -2.36. The van der Waals surface area contributed by atoms with E-state index in [1.807, 2.05) is 24.3 Å². The van der Waals surface area contributed by atoms with Crippen LogP contribution in [0, 0.1) is 0 Å². The Bertz CT molecular complexity index is 823. The van der Waals surface area contributed by atoms with Crippen LogP contribution >= 0.6 is 0 Å². The van der Waals surface area contributed by atoms with Crippen molar-refractivity contribution in [3.63, 3.8) is 0 Å². The van der Waals surface area contributed by atoms with Crippen LogP contribution < -0.4 is 4.74 Å². The van der Waals surface area contributed by atoms with Gasteiger partial charge >= 0.3 is 0 Å². The summed E-state index contributed by atoms with van der Waals surface area (Å²) in [5.74, 6) is 0.922. The molecule has 1 saturated heterocycles. The second kappa shape index (κ2) is 8.39. The normalized spacial score (nSPS) is 15.4. The van der Waals surface area contributed by atoms with Crippen molar-refractivity contribution in [2.24, 2.45) is 0 Å². The summed E-state index contributed by atoms with van der Waals surface area (Å²) in [6, 6.07) is 16.6. The van der Waals surface area contributed by atoms with Crippen LogP contribution in [0.1, 0.15) is 17.5 Å². The van der Waals surface area contributed by atoms with Gasteiger partial charge in [-0.05, 0) is 36.6 Å². The molecule has 0 radical (unpaired) electrons. The van der Waals surface area contributed by atoms with Gasteiger partial charge in [-0.2, -0.15) is 0 Å². The van der Waals surface area contributed by atoms with E-state index in [2.05, 4.69) is 40.3 Å². The fraction of sp³-hybridized carbons (Fsp3) is 0.364. The Balaban J connectivity index is 1.39. The number of benzene rings is 2. The van der Waals surface area contributed by atoms with E-state index in [4.69, 9.17) is 9.47 Å². The smallest absolute Gasteiger partial charge is 0.143 e. The topological polar surface area (TPSA) is 37.5 Å². The van der Waals surface area contributed by atoms with Crippen LogP contribution in [0.2, 0.25) is 0 Å². The van der Waals surface area contributed by atoms with E-state index in [0.29, 0.717) is 6.61 Å². The molecule has 1 fully saturated rings. The Morgan fingerprint density at radius 1 is 1.00 bits per heavy atom. The zero-order valence-corrected chi connectivity index (χ0v) is 15.1. The number of para-hydroxylation sites is 1. The van der Waals surface area contributed by atoms with Crippen LogP contribution in [0.3, 0.4) is 0 Å². The third-order valence-corrected chi connectivity index (χ3v) is 5.02. The predicted octanol–water partition coefficient (Wildman–Crippen LogP) is 4.01. The highest BCUT2D eigenvalue weighted by Crippen LogP contribution is 2.28. The molecule has 4 heteroatoms. The molecule has 0 bridgehead atoms. The number of hydrogen-bond acceptors (Lipinski definition) is 3. The molecule has 136 valence electrons. The number of fused-ring (bicyclic) bond motifs is 1. The number of nitrogens with zero attached hydrogens (tertiary/aromatic N) is 1. The second-order valence-electron chi connectivity index (χ2n) is 6.82. The number of aromatic amines is 1. The summed E-state index contributed by atoms with van der Waals surface area (Å²) < 4.78 is 11.5. The number of morpholine rings is 1. The SMILES string of the molecule is c1ccc(COc2cccc3c(CCCN4CCOCC4)c[nH]c23)cc1. The number of rotatable bonds is 7. The van der Waals surface area contributed by atoms with Gasteiger partial charge in [0.05, 0.1) is 18.7 Å². The molecule has 1 aromatic heterocycles. The molecule has 3 aromatic rings. The van der Waals surface area contributed by atoms with Gasteiger partial charge in [-0.15, -0.1) is 0 Å². The summed E-state index contributed by atoms with van der Waals surface area (Å²) in [4.78, 5) is 5.92. The number of nitrogens with one attached hydrogen (secondary N) is 1. The molecule has 0 amide bonds. The van der Waals surface area contributed by atoms with Gasteiger partial charge in [0.1, 0.15) is 12.4 Å². The van der Waals surface area contributed by atoms with Crippen molar-refractivity contribution in [1.29, 1.82) is 0 Å². The quantitative estimate of drug-likeness (QED) is 0.699. The van der Waals surface area contributed by atoms with Crippen LogP contribution in [0.5, 0.6) is 5.75 Å². The van der Waals surface area contributed by atoms with E-state index in [0.717, 1.165) is 50.5 Å². The van der Waals surface area contributed by atoms with Crippen molar-refractivity contribution in [2.45, 2.75) is 19.4 Å². The molecule has 2 aromatic carbocycles. The average molecular weight is 350 g/mol. The lowest BCUT2D eigenvalue weighted by Gasteiger charge is -2.26. The summed E-state index contributed by atoms with van der Waals surface area (Å²) in [7, 11) is 0. The van der Waals surface area contributed by atoms with E-state index in [-0.39, 0.29) is 0 Å². The van der Waals surface area contributed by atoms with Crippen LogP contribution in [-0.4, -0.2) is 42.7 Å². The lowest BCUT2D eigenvalue weighted by atomic mass is 10.1. The maximum absolute atomic E-state index is 6.06. The standard InChI is InChI=1S/C22H26N2O2/c1-2-6-18(7-3-1)17-26-21-10-4-9-20-19(16-23-22(20)21)8-5-11-24-12-14-25-15-13-24/h1-4,6-7,9-10,16,23H,5,8,11-15,17H2. The molecule has 1 aliphatic rings. The van der Waals surface area contributed by atoms with Crippen LogP contribution in [-0.2, 0) is 17.8 Å². The summed E-state index contributed by atoms with van der Waals surface area (Å²) >= 11 is 0. The highest BCUT2D eigenvalue weighted by Gasteiger charge is 2.12. The van der Waals surface area contributed by atoms with Crippen molar-refractivity contribution in [3.05, 3.63) is 65.9 Å². The van der Waals surface area contributed by atoms with Crippen LogP contribution in [0.4, 0.5) is 0 Å². The molecule has 2 heterocycles. The number of aromatic nitrogens is 1. The molecule has 1 aliphatic heterocycles. The first-order valence-corrected chi connectivity index (χ1v) is 9.46. The molecule has 0 atom stereocenters. The van der Waals surface area contributed by atoms with Gasteiger partial charge in [0, 0.05) is 24.7 Å². The molecule has 1 N–H and O–H groups in total. The molecule has 0 unspecified atom stereocenters. The minimum atomic E-state index is 0.589. The molecule has 4 nitrogen and oxygen atoms in total. The Labute approximate surface area is 154 Å². The summed E-state index contributed by atoms with van der Waals surface area (Å²) in [5, 5.41) is 1.28. The van der Waals surface area contributed by atoms with Gasteiger partial charge in [-0.1, -0.05) is 42.5 Å². The Morgan fingerprint density at radius 3 is 2.69 bits per heavy atom. The fourth-order valence-electron chi connectivity index (χ4n) is 3.56. The Morgan fingerprint density at radius 2 is 1.85 bits per heavy atom. The van der Waals surface area contributed by atoms with Gasteiger partial charge in [-0.25, -0.2) is 0 Å². The maximum atomic E-state index is 6.06. The minimum absolute atomic E-state index is 0.589. The number of H-pyrrole nitrogens is 1.